The van der Waals surface area contributed by atoms with Crippen molar-refractivity contribution in [3.63, 3.8) is 0 Å². The van der Waals surface area contributed by atoms with Crippen LogP contribution in [0.3, 0.4) is 0 Å². The molecule has 140 valence electrons. The van der Waals surface area contributed by atoms with Gasteiger partial charge in [0.2, 0.25) is 0 Å². The maximum atomic E-state index is 12.3. The number of para-hydroxylation sites is 1. The number of rotatable bonds is 5. The number of nitrogens with one attached hydrogen (secondary N) is 4. The minimum Gasteiger partial charge on any atom is -0.350 e. The summed E-state index contributed by atoms with van der Waals surface area (Å²) in [5.41, 5.74) is 8.34. The number of thiocarbonyl (C=S) groups is 1. The van der Waals surface area contributed by atoms with E-state index in [4.69, 9.17) is 12.2 Å². The zero-order valence-corrected chi connectivity index (χ0v) is 16.7. The molecule has 1 aromatic heterocycles. The van der Waals surface area contributed by atoms with Crippen LogP contribution in [0.25, 0.3) is 10.2 Å². The van der Waals surface area contributed by atoms with Crippen LogP contribution in [-0.2, 0) is 11.2 Å². The summed E-state index contributed by atoms with van der Waals surface area (Å²) in [6.07, 6.45) is 0.985. The minimum absolute atomic E-state index is 0.236. The Labute approximate surface area is 167 Å². The van der Waals surface area contributed by atoms with Crippen molar-refractivity contribution in [3.8, 4) is 0 Å². The number of aryl methyl sites for hydroxylation is 1. The Kier molecular flexibility index (Phi) is 6.20. The van der Waals surface area contributed by atoms with E-state index in [2.05, 4.69) is 33.4 Å². The van der Waals surface area contributed by atoms with Gasteiger partial charge in [0.05, 0.1) is 10.2 Å². The summed E-state index contributed by atoms with van der Waals surface area (Å²) in [4.78, 5) is 16.7. The van der Waals surface area contributed by atoms with E-state index in [9.17, 15) is 4.79 Å². The van der Waals surface area contributed by atoms with E-state index in [0.717, 1.165) is 22.3 Å². The molecule has 0 saturated carbocycles. The number of thiazole rings is 1. The largest absolute Gasteiger partial charge is 0.350 e. The van der Waals surface area contributed by atoms with E-state index >= 15 is 0 Å². The molecule has 0 aliphatic rings. The van der Waals surface area contributed by atoms with Crippen LogP contribution in [0.4, 0.5) is 10.8 Å². The van der Waals surface area contributed by atoms with Gasteiger partial charge in [0, 0.05) is 5.69 Å². The second-order valence-corrected chi connectivity index (χ2v) is 7.41. The molecule has 3 aromatic rings. The molecule has 0 bridgehead atoms. The maximum Gasteiger partial charge on any atom is 0.260 e. The minimum atomic E-state index is -0.468. The molecule has 0 spiro atoms. The van der Waals surface area contributed by atoms with Crippen molar-refractivity contribution in [1.82, 2.24) is 15.8 Å². The number of anilines is 2. The molecular formula is C19H21N5OS2. The van der Waals surface area contributed by atoms with E-state index in [-0.39, 0.29) is 5.91 Å². The highest BCUT2D eigenvalue weighted by molar-refractivity contribution is 7.80. The first kappa shape index (κ1) is 19.1. The van der Waals surface area contributed by atoms with Gasteiger partial charge >= 0.3 is 0 Å². The predicted octanol–water partition coefficient (Wildman–Crippen LogP) is 3.68. The zero-order chi connectivity index (χ0) is 19.2. The molecule has 8 heteroatoms. The Hall–Kier alpha value is -2.71. The molecule has 0 radical (unpaired) electrons. The van der Waals surface area contributed by atoms with Gasteiger partial charge in [0.15, 0.2) is 10.2 Å². The van der Waals surface area contributed by atoms with Crippen molar-refractivity contribution >= 4 is 55.6 Å². The van der Waals surface area contributed by atoms with Crippen molar-refractivity contribution in [1.29, 1.82) is 0 Å². The lowest BCUT2D eigenvalue weighted by molar-refractivity contribution is -0.122. The Morgan fingerprint density at radius 1 is 1.15 bits per heavy atom. The Morgan fingerprint density at radius 2 is 1.89 bits per heavy atom. The summed E-state index contributed by atoms with van der Waals surface area (Å²) in [7, 11) is 0. The van der Waals surface area contributed by atoms with Crippen LogP contribution in [0.5, 0.6) is 0 Å². The van der Waals surface area contributed by atoms with Gasteiger partial charge in [-0.15, -0.1) is 0 Å². The third-order valence-electron chi connectivity index (χ3n) is 3.95. The molecule has 2 aromatic carbocycles. The fourth-order valence-corrected chi connectivity index (χ4v) is 3.52. The quantitative estimate of drug-likeness (QED) is 0.387. The average Bonchev–Trinajstić information content (AvgIpc) is 3.09. The van der Waals surface area contributed by atoms with Crippen molar-refractivity contribution in [2.75, 3.05) is 10.6 Å². The molecule has 0 saturated heterocycles. The van der Waals surface area contributed by atoms with E-state index in [1.807, 2.05) is 48.5 Å². The molecular weight excluding hydrogens is 378 g/mol. The van der Waals surface area contributed by atoms with Gasteiger partial charge in [-0.1, -0.05) is 42.5 Å². The number of carbonyl (C=O) groups excluding carboxylic acids is 1. The molecule has 1 heterocycles. The molecule has 0 fully saturated rings. The fourth-order valence-electron chi connectivity index (χ4n) is 2.40. The number of fused-ring (bicyclic) bond motifs is 1. The van der Waals surface area contributed by atoms with Crippen LogP contribution in [0.15, 0.2) is 48.5 Å². The van der Waals surface area contributed by atoms with Crippen LogP contribution in [0, 0.1) is 0 Å². The van der Waals surface area contributed by atoms with Crippen molar-refractivity contribution < 1.29 is 4.79 Å². The second kappa shape index (κ2) is 8.79. The van der Waals surface area contributed by atoms with Crippen LogP contribution in [-0.4, -0.2) is 22.0 Å². The van der Waals surface area contributed by atoms with E-state index in [0.29, 0.717) is 10.2 Å². The van der Waals surface area contributed by atoms with Crippen molar-refractivity contribution in [3.05, 3.63) is 54.1 Å². The molecule has 0 unspecified atom stereocenters. The molecule has 4 N–H and O–H groups in total. The molecule has 3 rings (SSSR count). The van der Waals surface area contributed by atoms with Crippen LogP contribution in [0.2, 0.25) is 0 Å². The van der Waals surface area contributed by atoms with Crippen LogP contribution in [0.1, 0.15) is 19.4 Å². The lowest BCUT2D eigenvalue weighted by Gasteiger charge is -2.15. The van der Waals surface area contributed by atoms with E-state index in [1.54, 1.807) is 6.92 Å². The highest BCUT2D eigenvalue weighted by Crippen LogP contribution is 2.25. The monoisotopic (exact) mass is 399 g/mol. The van der Waals surface area contributed by atoms with Gasteiger partial charge < -0.3 is 10.6 Å². The SMILES string of the molecule is CCc1ccc(NC(=S)NNC(=O)[C@H](C)Nc2nc3ccccc3s2)cc1. The smallest absolute Gasteiger partial charge is 0.260 e. The van der Waals surface area contributed by atoms with Gasteiger partial charge in [-0.05, 0) is 55.4 Å². The normalized spacial score (nSPS) is 11.6. The highest BCUT2D eigenvalue weighted by atomic mass is 32.1. The predicted molar refractivity (Wildman–Crippen MR) is 116 cm³/mol. The summed E-state index contributed by atoms with van der Waals surface area (Å²) in [6.45, 7) is 3.87. The van der Waals surface area contributed by atoms with Crippen molar-refractivity contribution in [2.45, 2.75) is 26.3 Å². The number of amides is 1. The summed E-state index contributed by atoms with van der Waals surface area (Å²) >= 11 is 6.72. The first-order valence-corrected chi connectivity index (χ1v) is 9.85. The average molecular weight is 400 g/mol. The molecule has 0 aliphatic carbocycles. The van der Waals surface area contributed by atoms with Gasteiger partial charge in [-0.3, -0.25) is 15.6 Å². The molecule has 27 heavy (non-hydrogen) atoms. The number of benzene rings is 2. The van der Waals surface area contributed by atoms with E-state index < -0.39 is 6.04 Å². The van der Waals surface area contributed by atoms with Crippen LogP contribution >= 0.6 is 23.6 Å². The molecule has 1 amide bonds. The Bertz CT molecular complexity index is 906. The third kappa shape index (κ3) is 5.15. The van der Waals surface area contributed by atoms with Crippen molar-refractivity contribution in [2.24, 2.45) is 0 Å². The second-order valence-electron chi connectivity index (χ2n) is 5.97. The van der Waals surface area contributed by atoms with Crippen LogP contribution < -0.4 is 21.5 Å². The van der Waals surface area contributed by atoms with Gasteiger partial charge in [-0.2, -0.15) is 0 Å². The third-order valence-corrected chi connectivity index (χ3v) is 5.12. The topological polar surface area (TPSA) is 78.1 Å². The highest BCUT2D eigenvalue weighted by Gasteiger charge is 2.14. The zero-order valence-electron chi connectivity index (χ0n) is 15.1. The molecule has 1 atom stereocenters. The maximum absolute atomic E-state index is 12.3. The standard InChI is InChI=1S/C19H21N5OS2/c1-3-13-8-10-14(11-9-13)21-18(26)24-23-17(25)12(2)20-19-22-15-6-4-5-7-16(15)27-19/h4-12H,3H2,1-2H3,(H,20,22)(H,23,25)(H2,21,24,26)/t12-/m0/s1. The Morgan fingerprint density at radius 3 is 2.59 bits per heavy atom. The number of hydrogen-bond donors (Lipinski definition) is 4. The lowest BCUT2D eigenvalue weighted by atomic mass is 10.1. The summed E-state index contributed by atoms with van der Waals surface area (Å²) < 4.78 is 1.07. The molecule has 0 aliphatic heterocycles. The van der Waals surface area contributed by atoms with Gasteiger partial charge in [0.1, 0.15) is 6.04 Å². The number of nitrogens with zero attached hydrogens (tertiary/aromatic N) is 1. The summed E-state index contributed by atoms with van der Waals surface area (Å²) in [6, 6.07) is 15.4. The lowest BCUT2D eigenvalue weighted by Crippen LogP contribution is -2.49. The number of aromatic nitrogens is 1. The number of hydrazine groups is 1. The number of hydrogen-bond acceptors (Lipinski definition) is 5. The van der Waals surface area contributed by atoms with Gasteiger partial charge in [-0.25, -0.2) is 4.98 Å². The van der Waals surface area contributed by atoms with E-state index in [1.165, 1.54) is 16.9 Å². The fraction of sp³-hybridized carbons (Fsp3) is 0.211. The first-order valence-electron chi connectivity index (χ1n) is 8.63. The number of carbonyl (C=O) groups is 1. The first-order chi connectivity index (χ1) is 13.0. The molecule has 6 nitrogen and oxygen atoms in total. The summed E-state index contributed by atoms with van der Waals surface area (Å²) in [5.74, 6) is -0.236. The Balaban J connectivity index is 1.48. The van der Waals surface area contributed by atoms with Gasteiger partial charge in [0.25, 0.3) is 5.91 Å². The summed E-state index contributed by atoms with van der Waals surface area (Å²) in [5, 5.41) is 7.16.